The van der Waals surface area contributed by atoms with Crippen LogP contribution < -0.4 is 14.9 Å². The number of non-ortho nitro benzene ring substituents is 1. The van der Waals surface area contributed by atoms with Crippen molar-refractivity contribution in [3.63, 3.8) is 0 Å². The van der Waals surface area contributed by atoms with E-state index in [-0.39, 0.29) is 22.3 Å². The molecule has 3 rings (SSSR count). The molecule has 2 aromatic rings. The summed E-state index contributed by atoms with van der Waals surface area (Å²) in [6.07, 6.45) is 1.98. The van der Waals surface area contributed by atoms with Crippen molar-refractivity contribution >= 4 is 41.3 Å². The van der Waals surface area contributed by atoms with E-state index in [0.29, 0.717) is 24.5 Å². The molecule has 10 heteroatoms. The first-order chi connectivity index (χ1) is 15.4. The summed E-state index contributed by atoms with van der Waals surface area (Å²) in [5.74, 6) is 3.12. The third kappa shape index (κ3) is 6.89. The van der Waals surface area contributed by atoms with Gasteiger partial charge >= 0.3 is 0 Å². The molecular weight excluding hydrogens is 450 g/mol. The van der Waals surface area contributed by atoms with Gasteiger partial charge in [-0.15, -0.1) is 23.5 Å². The Kier molecular flexibility index (Phi) is 8.40. The van der Waals surface area contributed by atoms with E-state index in [2.05, 4.69) is 17.5 Å². The highest BCUT2D eigenvalue weighted by atomic mass is 32.2. The predicted octanol–water partition coefficient (Wildman–Crippen LogP) is 4.61. The van der Waals surface area contributed by atoms with Gasteiger partial charge < -0.3 is 9.47 Å². The van der Waals surface area contributed by atoms with Crippen LogP contribution in [0.4, 0.5) is 5.69 Å². The monoisotopic (exact) mass is 475 g/mol. The molecule has 1 heterocycles. The fourth-order valence-corrected chi connectivity index (χ4v) is 5.87. The molecule has 1 N–H and O–H groups in total. The van der Waals surface area contributed by atoms with Gasteiger partial charge in [-0.05, 0) is 55.3 Å². The van der Waals surface area contributed by atoms with Gasteiger partial charge in [0.15, 0.2) is 11.5 Å². The number of carbonyl (C=O) groups is 1. The molecule has 0 aliphatic carbocycles. The van der Waals surface area contributed by atoms with Gasteiger partial charge in [-0.2, -0.15) is 5.10 Å². The van der Waals surface area contributed by atoms with Crippen molar-refractivity contribution < 1.29 is 19.2 Å². The third-order valence-electron chi connectivity index (χ3n) is 4.59. The molecule has 0 bridgehead atoms. The van der Waals surface area contributed by atoms with Gasteiger partial charge in [0.1, 0.15) is 6.61 Å². The Morgan fingerprint density at radius 2 is 1.91 bits per heavy atom. The van der Waals surface area contributed by atoms with Crippen LogP contribution in [0.3, 0.4) is 0 Å². The minimum Gasteiger partial charge on any atom is -0.490 e. The van der Waals surface area contributed by atoms with Gasteiger partial charge in [0.25, 0.3) is 5.69 Å². The van der Waals surface area contributed by atoms with Crippen LogP contribution in [0.2, 0.25) is 0 Å². The molecule has 1 saturated heterocycles. The molecule has 1 aliphatic rings. The second-order valence-corrected chi connectivity index (χ2v) is 10.6. The van der Waals surface area contributed by atoms with Crippen molar-refractivity contribution in [1.82, 2.24) is 5.43 Å². The first-order valence-corrected chi connectivity index (χ1v) is 12.1. The highest BCUT2D eigenvalue weighted by Crippen LogP contribution is 2.45. The Morgan fingerprint density at radius 1 is 1.19 bits per heavy atom. The third-order valence-corrected chi connectivity index (χ3v) is 7.88. The number of hydrogen-bond acceptors (Lipinski definition) is 8. The van der Waals surface area contributed by atoms with Crippen LogP contribution in [0.5, 0.6) is 11.5 Å². The lowest BCUT2D eigenvalue weighted by atomic mass is 10.2. The topological polar surface area (TPSA) is 103 Å². The lowest BCUT2D eigenvalue weighted by molar-refractivity contribution is -0.384. The molecule has 1 fully saturated rings. The van der Waals surface area contributed by atoms with Gasteiger partial charge in [0, 0.05) is 23.6 Å². The Bertz CT molecular complexity index is 976. The number of nitrogens with one attached hydrogen (secondary N) is 1. The van der Waals surface area contributed by atoms with E-state index in [4.69, 9.17) is 9.47 Å². The summed E-state index contributed by atoms with van der Waals surface area (Å²) >= 11 is 3.61. The van der Waals surface area contributed by atoms with E-state index in [9.17, 15) is 14.9 Å². The van der Waals surface area contributed by atoms with E-state index in [1.54, 1.807) is 54.0 Å². The predicted molar refractivity (Wildman–Crippen MR) is 129 cm³/mol. The number of thioether (sulfide) groups is 2. The van der Waals surface area contributed by atoms with Crippen LogP contribution in [-0.2, 0) is 11.4 Å². The molecule has 0 aromatic heterocycles. The van der Waals surface area contributed by atoms with E-state index in [1.165, 1.54) is 12.1 Å². The maximum absolute atomic E-state index is 12.2. The minimum absolute atomic E-state index is 0.0364. The first-order valence-electron chi connectivity index (χ1n) is 10.1. The molecule has 1 amide bonds. The largest absolute Gasteiger partial charge is 0.490 e. The molecule has 0 radical (unpaired) electrons. The quantitative estimate of drug-likeness (QED) is 0.304. The molecule has 2 aromatic carbocycles. The van der Waals surface area contributed by atoms with Crippen LogP contribution in [0.1, 0.15) is 31.4 Å². The number of nitrogens with zero attached hydrogens (tertiary/aromatic N) is 2. The van der Waals surface area contributed by atoms with Crippen LogP contribution >= 0.6 is 23.5 Å². The molecule has 0 atom stereocenters. The summed E-state index contributed by atoms with van der Waals surface area (Å²) in [4.78, 5) is 22.5. The summed E-state index contributed by atoms with van der Waals surface area (Å²) < 4.78 is 11.4. The molecular formula is C22H25N3O5S2. The van der Waals surface area contributed by atoms with E-state index in [0.717, 1.165) is 22.6 Å². The van der Waals surface area contributed by atoms with Gasteiger partial charge in [-0.25, -0.2) is 5.43 Å². The van der Waals surface area contributed by atoms with Gasteiger partial charge in [-0.3, -0.25) is 14.9 Å². The number of amides is 1. The molecule has 170 valence electrons. The second-order valence-electron chi connectivity index (χ2n) is 7.15. The molecule has 0 unspecified atom stereocenters. The van der Waals surface area contributed by atoms with E-state index >= 15 is 0 Å². The van der Waals surface area contributed by atoms with Crippen molar-refractivity contribution in [2.45, 2.75) is 31.0 Å². The fraction of sp³-hybridized carbons (Fsp3) is 0.364. The SMILES string of the molecule is CCOc1cc(/C=N\NC(=O)CC2(C)SCCS2)ccc1OCc1ccc([N+](=O)[O-])cc1. The summed E-state index contributed by atoms with van der Waals surface area (Å²) in [5.41, 5.74) is 4.19. The number of hydrogen-bond donors (Lipinski definition) is 1. The Labute approximate surface area is 195 Å². The van der Waals surface area contributed by atoms with Crippen molar-refractivity contribution in [2.75, 3.05) is 18.1 Å². The van der Waals surface area contributed by atoms with Crippen LogP contribution in [0.25, 0.3) is 0 Å². The van der Waals surface area contributed by atoms with E-state index in [1.807, 2.05) is 13.0 Å². The Hall–Kier alpha value is -2.72. The van der Waals surface area contributed by atoms with Gasteiger partial charge in [0.05, 0.1) is 28.2 Å². The lowest BCUT2D eigenvalue weighted by Gasteiger charge is -2.19. The Morgan fingerprint density at radius 3 is 2.56 bits per heavy atom. The summed E-state index contributed by atoms with van der Waals surface area (Å²) in [6, 6.07) is 11.6. The van der Waals surface area contributed by atoms with Crippen LogP contribution in [0.15, 0.2) is 47.6 Å². The van der Waals surface area contributed by atoms with Crippen LogP contribution in [-0.4, -0.2) is 39.2 Å². The number of rotatable bonds is 10. The molecule has 0 saturated carbocycles. The smallest absolute Gasteiger partial charge is 0.269 e. The van der Waals surface area contributed by atoms with Crippen molar-refractivity contribution in [1.29, 1.82) is 0 Å². The van der Waals surface area contributed by atoms with Gasteiger partial charge in [0.2, 0.25) is 5.91 Å². The van der Waals surface area contributed by atoms with Crippen molar-refractivity contribution in [3.8, 4) is 11.5 Å². The molecule has 32 heavy (non-hydrogen) atoms. The minimum atomic E-state index is -0.437. The maximum atomic E-state index is 12.2. The number of carbonyl (C=O) groups excluding carboxylic acids is 1. The van der Waals surface area contributed by atoms with Crippen LogP contribution in [0, 0.1) is 10.1 Å². The first kappa shape index (κ1) is 23.9. The molecule has 0 spiro atoms. The number of nitro groups is 1. The van der Waals surface area contributed by atoms with Crippen molar-refractivity contribution in [2.24, 2.45) is 5.10 Å². The summed E-state index contributed by atoms with van der Waals surface area (Å²) in [7, 11) is 0. The zero-order valence-electron chi connectivity index (χ0n) is 17.9. The number of benzene rings is 2. The average molecular weight is 476 g/mol. The second kappa shape index (κ2) is 11.2. The Balaban J connectivity index is 1.58. The summed E-state index contributed by atoms with van der Waals surface area (Å²) in [6.45, 7) is 4.67. The zero-order valence-corrected chi connectivity index (χ0v) is 19.5. The highest BCUT2D eigenvalue weighted by molar-refractivity contribution is 8.21. The normalized spacial score (nSPS) is 14.9. The zero-order chi connectivity index (χ0) is 23.0. The number of nitro benzene ring substituents is 1. The number of hydrazone groups is 1. The van der Waals surface area contributed by atoms with E-state index < -0.39 is 4.92 Å². The van der Waals surface area contributed by atoms with Crippen molar-refractivity contribution in [3.05, 3.63) is 63.7 Å². The molecule has 8 nitrogen and oxygen atoms in total. The standard InChI is InChI=1S/C22H25N3O5S2/c1-3-29-20-12-17(14-23-24-21(26)13-22(2)31-10-11-32-22)6-9-19(20)30-15-16-4-7-18(8-5-16)25(27)28/h4-9,12,14H,3,10-11,13,15H2,1-2H3,(H,24,26)/b23-14-. The van der Waals surface area contributed by atoms with Gasteiger partial charge in [-0.1, -0.05) is 0 Å². The lowest BCUT2D eigenvalue weighted by Crippen LogP contribution is -2.26. The number of ether oxygens (including phenoxy) is 2. The average Bonchev–Trinajstić information content (AvgIpc) is 3.19. The molecule has 1 aliphatic heterocycles. The summed E-state index contributed by atoms with van der Waals surface area (Å²) in [5, 5.41) is 14.8. The maximum Gasteiger partial charge on any atom is 0.269 e. The highest BCUT2D eigenvalue weighted by Gasteiger charge is 2.32. The fourth-order valence-electron chi connectivity index (χ4n) is 3.04.